The standard InChI is InChI=1S/C42H24N4S/c43-24-26-10-17-34-36-23-31(15-18-37(36)46(38(34)20-26)33-6-2-1-3-7-33)29-12-11-28-22-30(14-13-27(28)21-29)32-16-19-40-44-41-35-8-4-5-9-39(35)47-42(41)45(40)25-32/h1-23,25H. The number of aromatic nitrogens is 3. The van der Waals surface area contributed by atoms with Gasteiger partial charge in [0.2, 0.25) is 0 Å². The molecule has 0 saturated heterocycles. The second-order valence-corrected chi connectivity index (χ2v) is 13.1. The van der Waals surface area contributed by atoms with Crippen molar-refractivity contribution in [1.29, 1.82) is 5.26 Å². The van der Waals surface area contributed by atoms with Crippen molar-refractivity contribution in [3.8, 4) is 34.0 Å². The van der Waals surface area contributed by atoms with E-state index in [1.165, 1.54) is 47.8 Å². The van der Waals surface area contributed by atoms with E-state index in [1.54, 1.807) is 11.3 Å². The fourth-order valence-electron chi connectivity index (χ4n) is 7.05. The number of benzene rings is 6. The molecule has 218 valence electrons. The van der Waals surface area contributed by atoms with E-state index in [2.05, 4.69) is 143 Å². The summed E-state index contributed by atoms with van der Waals surface area (Å²) in [5.74, 6) is 0. The predicted molar refractivity (Wildman–Crippen MR) is 196 cm³/mol. The fourth-order valence-corrected chi connectivity index (χ4v) is 8.18. The molecule has 10 aromatic rings. The molecule has 47 heavy (non-hydrogen) atoms. The Morgan fingerprint density at radius 3 is 2.13 bits per heavy atom. The number of rotatable bonds is 3. The highest BCUT2D eigenvalue weighted by atomic mass is 32.1. The van der Waals surface area contributed by atoms with E-state index in [0.717, 1.165) is 38.8 Å². The van der Waals surface area contributed by atoms with Crippen LogP contribution in [0.15, 0.2) is 146 Å². The van der Waals surface area contributed by atoms with Crippen LogP contribution >= 0.6 is 11.3 Å². The fraction of sp³-hybridized carbons (Fsp3) is 0. The van der Waals surface area contributed by atoms with Gasteiger partial charge in [-0.2, -0.15) is 5.26 Å². The molecule has 0 atom stereocenters. The summed E-state index contributed by atoms with van der Waals surface area (Å²) in [6, 6.07) is 51.6. The molecule has 0 amide bonds. The highest BCUT2D eigenvalue weighted by Gasteiger charge is 2.15. The molecule has 0 bridgehead atoms. The first kappa shape index (κ1) is 26.0. The van der Waals surface area contributed by atoms with Crippen molar-refractivity contribution < 1.29 is 0 Å². The van der Waals surface area contributed by atoms with Crippen molar-refractivity contribution in [3.05, 3.63) is 151 Å². The quantitative estimate of drug-likeness (QED) is 0.198. The van der Waals surface area contributed by atoms with Gasteiger partial charge in [-0.15, -0.1) is 11.3 Å². The Hall–Kier alpha value is -6.22. The van der Waals surface area contributed by atoms with Crippen LogP contribution in [0.25, 0.3) is 86.6 Å². The number of thiophene rings is 1. The van der Waals surface area contributed by atoms with E-state index in [1.807, 2.05) is 18.2 Å². The molecule has 5 heteroatoms. The molecule has 0 fully saturated rings. The van der Waals surface area contributed by atoms with Gasteiger partial charge in [-0.25, -0.2) is 4.98 Å². The molecule has 0 spiro atoms. The van der Waals surface area contributed by atoms with Crippen LogP contribution in [0.4, 0.5) is 0 Å². The number of hydrogen-bond acceptors (Lipinski definition) is 3. The van der Waals surface area contributed by atoms with Gasteiger partial charge >= 0.3 is 0 Å². The zero-order valence-corrected chi connectivity index (χ0v) is 25.9. The summed E-state index contributed by atoms with van der Waals surface area (Å²) in [5, 5.41) is 15.6. The lowest BCUT2D eigenvalue weighted by molar-refractivity contribution is 1.18. The van der Waals surface area contributed by atoms with Crippen LogP contribution in [0.3, 0.4) is 0 Å². The molecule has 6 aromatic carbocycles. The molecule has 0 aliphatic rings. The smallest absolute Gasteiger partial charge is 0.138 e. The zero-order valence-electron chi connectivity index (χ0n) is 25.1. The predicted octanol–water partition coefficient (Wildman–Crippen LogP) is 11.2. The van der Waals surface area contributed by atoms with E-state index in [0.29, 0.717) is 5.56 Å². The zero-order chi connectivity index (χ0) is 31.1. The van der Waals surface area contributed by atoms with Gasteiger partial charge in [-0.1, -0.05) is 72.8 Å². The number of pyridine rings is 1. The SMILES string of the molecule is N#Cc1ccc2c3cc(-c4ccc5cc(-c6ccc7nc8c9ccccc9sc8n7c6)ccc5c4)ccc3n(-c3ccccc3)c2c1. The normalized spacial score (nSPS) is 11.8. The van der Waals surface area contributed by atoms with E-state index >= 15 is 0 Å². The van der Waals surface area contributed by atoms with Gasteiger partial charge in [0.1, 0.15) is 16.0 Å². The van der Waals surface area contributed by atoms with E-state index < -0.39 is 0 Å². The Labute approximate surface area is 273 Å². The lowest BCUT2D eigenvalue weighted by Crippen LogP contribution is -1.93. The summed E-state index contributed by atoms with van der Waals surface area (Å²) in [6.45, 7) is 0. The Bertz CT molecular complexity index is 2920. The lowest BCUT2D eigenvalue weighted by atomic mass is 9.97. The Balaban J connectivity index is 1.06. The molecule has 4 heterocycles. The molecule has 4 nitrogen and oxygen atoms in total. The third-order valence-corrected chi connectivity index (χ3v) is 10.5. The minimum absolute atomic E-state index is 0.657. The van der Waals surface area contributed by atoms with Gasteiger partial charge in [-0.3, -0.25) is 4.40 Å². The average molecular weight is 617 g/mol. The molecule has 4 aromatic heterocycles. The van der Waals surface area contributed by atoms with Crippen molar-refractivity contribution in [1.82, 2.24) is 14.0 Å². The molecule has 0 radical (unpaired) electrons. The minimum Gasteiger partial charge on any atom is -0.309 e. The van der Waals surface area contributed by atoms with E-state index in [4.69, 9.17) is 4.98 Å². The largest absolute Gasteiger partial charge is 0.309 e. The summed E-state index contributed by atoms with van der Waals surface area (Å²) in [4.78, 5) is 6.13. The summed E-state index contributed by atoms with van der Waals surface area (Å²) < 4.78 is 5.75. The van der Waals surface area contributed by atoms with Gasteiger partial charge < -0.3 is 4.57 Å². The van der Waals surface area contributed by atoms with Gasteiger partial charge in [0.25, 0.3) is 0 Å². The first-order chi connectivity index (χ1) is 23.2. The van der Waals surface area contributed by atoms with Crippen LogP contribution < -0.4 is 0 Å². The number of imidazole rings is 1. The summed E-state index contributed by atoms with van der Waals surface area (Å²) in [5.41, 5.74) is 10.6. The number of hydrogen-bond donors (Lipinski definition) is 0. The topological polar surface area (TPSA) is 46.0 Å². The van der Waals surface area contributed by atoms with Crippen molar-refractivity contribution >= 4 is 70.0 Å². The van der Waals surface area contributed by atoms with Crippen LogP contribution in [0, 0.1) is 11.3 Å². The summed E-state index contributed by atoms with van der Waals surface area (Å²) in [7, 11) is 0. The number of para-hydroxylation sites is 1. The average Bonchev–Trinajstić information content (AvgIpc) is 3.78. The van der Waals surface area contributed by atoms with E-state index in [9.17, 15) is 5.26 Å². The number of nitrogens with zero attached hydrogens (tertiary/aromatic N) is 4. The van der Waals surface area contributed by atoms with Gasteiger partial charge in [0, 0.05) is 32.7 Å². The van der Waals surface area contributed by atoms with Crippen molar-refractivity contribution in [2.45, 2.75) is 0 Å². The number of fused-ring (bicyclic) bond motifs is 9. The third kappa shape index (κ3) is 3.96. The Morgan fingerprint density at radius 1 is 0.574 bits per heavy atom. The maximum absolute atomic E-state index is 9.63. The molecular formula is C42H24N4S. The third-order valence-electron chi connectivity index (χ3n) is 9.34. The van der Waals surface area contributed by atoms with Crippen molar-refractivity contribution in [2.24, 2.45) is 0 Å². The van der Waals surface area contributed by atoms with Crippen LogP contribution in [0.1, 0.15) is 5.56 Å². The molecule has 0 saturated carbocycles. The molecular weight excluding hydrogens is 593 g/mol. The Kier molecular flexibility index (Phi) is 5.48. The first-order valence-electron chi connectivity index (χ1n) is 15.6. The second-order valence-electron chi connectivity index (χ2n) is 12.0. The molecule has 0 aliphatic heterocycles. The molecule has 0 N–H and O–H groups in total. The lowest BCUT2D eigenvalue weighted by Gasteiger charge is -2.09. The van der Waals surface area contributed by atoms with Gasteiger partial charge in [0.05, 0.1) is 22.7 Å². The van der Waals surface area contributed by atoms with Crippen molar-refractivity contribution in [2.75, 3.05) is 0 Å². The van der Waals surface area contributed by atoms with Crippen LogP contribution in [0.2, 0.25) is 0 Å². The van der Waals surface area contributed by atoms with Gasteiger partial charge in [-0.05, 0) is 99.8 Å². The maximum atomic E-state index is 9.63. The highest BCUT2D eigenvalue weighted by Crippen LogP contribution is 2.38. The van der Waals surface area contributed by atoms with Crippen LogP contribution in [-0.2, 0) is 0 Å². The molecule has 10 rings (SSSR count). The van der Waals surface area contributed by atoms with Gasteiger partial charge in [0.15, 0.2) is 0 Å². The van der Waals surface area contributed by atoms with Crippen LogP contribution in [-0.4, -0.2) is 14.0 Å². The monoisotopic (exact) mass is 616 g/mol. The van der Waals surface area contributed by atoms with Crippen molar-refractivity contribution in [3.63, 3.8) is 0 Å². The van der Waals surface area contributed by atoms with E-state index in [-0.39, 0.29) is 0 Å². The summed E-state index contributed by atoms with van der Waals surface area (Å²) in [6.07, 6.45) is 2.22. The van der Waals surface area contributed by atoms with Crippen LogP contribution in [0.5, 0.6) is 0 Å². The molecule has 0 unspecified atom stereocenters. The highest BCUT2D eigenvalue weighted by molar-refractivity contribution is 7.25. The Morgan fingerprint density at radius 2 is 1.30 bits per heavy atom. The molecule has 0 aliphatic carbocycles. The first-order valence-corrected chi connectivity index (χ1v) is 16.4. The minimum atomic E-state index is 0.657. The summed E-state index contributed by atoms with van der Waals surface area (Å²) >= 11 is 1.79. The number of nitriles is 1. The second kappa shape index (κ2) is 9.89. The maximum Gasteiger partial charge on any atom is 0.138 e.